The highest BCUT2D eigenvalue weighted by atomic mass is 16.6. The van der Waals surface area contributed by atoms with Crippen molar-refractivity contribution < 1.29 is 9.66 Å². The van der Waals surface area contributed by atoms with Crippen LogP contribution in [-0.2, 0) is 6.42 Å². The van der Waals surface area contributed by atoms with Crippen molar-refractivity contribution in [2.75, 3.05) is 18.6 Å². The molecule has 2 aromatic carbocycles. The van der Waals surface area contributed by atoms with E-state index in [-0.39, 0.29) is 11.0 Å². The van der Waals surface area contributed by atoms with Crippen LogP contribution in [0.15, 0.2) is 48.5 Å². The zero-order valence-electron chi connectivity index (χ0n) is 14.0. The predicted molar refractivity (Wildman–Crippen MR) is 94.3 cm³/mol. The van der Waals surface area contributed by atoms with Gasteiger partial charge in [-0.3, -0.25) is 10.1 Å². The van der Waals surface area contributed by atoms with Crippen LogP contribution in [0.3, 0.4) is 0 Å². The highest BCUT2D eigenvalue weighted by molar-refractivity contribution is 5.54. The number of nitro groups is 1. The Hall–Kier alpha value is -2.56. The number of rotatable bonds is 5. The second-order valence-electron chi connectivity index (χ2n) is 6.05. The molecule has 0 fully saturated rings. The average Bonchev–Trinajstić information content (AvgIpc) is 2.62. The molecule has 0 saturated carbocycles. The highest BCUT2D eigenvalue weighted by Crippen LogP contribution is 2.38. The number of hydrogen-bond donors (Lipinski definition) is 0. The SMILES string of the molecule is CCC(C1c2ccccc2CCN1c1ccc(OC)cc1)[N+](=O)[O-]. The van der Waals surface area contributed by atoms with E-state index in [4.69, 9.17) is 4.74 Å². The van der Waals surface area contributed by atoms with Crippen LogP contribution in [0.2, 0.25) is 0 Å². The van der Waals surface area contributed by atoms with Crippen molar-refractivity contribution in [3.8, 4) is 5.75 Å². The Kier molecular flexibility index (Phi) is 4.69. The monoisotopic (exact) mass is 326 g/mol. The molecule has 2 aromatic rings. The zero-order chi connectivity index (χ0) is 17.1. The van der Waals surface area contributed by atoms with E-state index in [1.807, 2.05) is 49.4 Å². The van der Waals surface area contributed by atoms with Gasteiger partial charge in [-0.25, -0.2) is 0 Å². The minimum absolute atomic E-state index is 0.136. The number of nitrogens with zero attached hydrogens (tertiary/aromatic N) is 2. The van der Waals surface area contributed by atoms with E-state index in [1.165, 1.54) is 5.56 Å². The van der Waals surface area contributed by atoms with Crippen molar-refractivity contribution in [2.45, 2.75) is 31.8 Å². The van der Waals surface area contributed by atoms with Crippen LogP contribution in [0, 0.1) is 10.1 Å². The number of benzene rings is 2. The largest absolute Gasteiger partial charge is 0.497 e. The van der Waals surface area contributed by atoms with Crippen LogP contribution in [0.1, 0.15) is 30.5 Å². The third-order valence-corrected chi connectivity index (χ3v) is 4.79. The molecule has 0 radical (unpaired) electrons. The number of anilines is 1. The number of fused-ring (bicyclic) bond motifs is 1. The van der Waals surface area contributed by atoms with Crippen molar-refractivity contribution in [1.29, 1.82) is 0 Å². The van der Waals surface area contributed by atoms with Crippen LogP contribution >= 0.6 is 0 Å². The molecule has 1 aliphatic heterocycles. The Balaban J connectivity index is 2.05. The van der Waals surface area contributed by atoms with Crippen LogP contribution in [0.4, 0.5) is 5.69 Å². The standard InChI is InChI=1S/C19H22N2O3/c1-3-18(21(22)23)19-17-7-5-4-6-14(17)12-13-20(19)15-8-10-16(24-2)11-9-15/h4-11,18-19H,3,12-13H2,1-2H3. The van der Waals surface area contributed by atoms with Crippen molar-refractivity contribution in [1.82, 2.24) is 0 Å². The molecule has 1 aliphatic rings. The summed E-state index contributed by atoms with van der Waals surface area (Å²) in [4.78, 5) is 13.7. The molecule has 0 saturated heterocycles. The number of methoxy groups -OCH3 is 1. The maximum Gasteiger partial charge on any atom is 0.237 e. The third kappa shape index (κ3) is 2.94. The summed E-state index contributed by atoms with van der Waals surface area (Å²) in [6, 6.07) is 15.0. The van der Waals surface area contributed by atoms with Crippen LogP contribution in [0.5, 0.6) is 5.75 Å². The Bertz CT molecular complexity index is 715. The summed E-state index contributed by atoms with van der Waals surface area (Å²) < 4.78 is 5.22. The second-order valence-corrected chi connectivity index (χ2v) is 6.05. The van der Waals surface area contributed by atoms with Gasteiger partial charge >= 0.3 is 0 Å². The summed E-state index contributed by atoms with van der Waals surface area (Å²) >= 11 is 0. The van der Waals surface area contributed by atoms with Gasteiger partial charge in [-0.2, -0.15) is 0 Å². The molecule has 5 heteroatoms. The maximum absolute atomic E-state index is 11.7. The van der Waals surface area contributed by atoms with Gasteiger partial charge in [0, 0.05) is 23.6 Å². The number of ether oxygens (including phenoxy) is 1. The molecule has 0 spiro atoms. The van der Waals surface area contributed by atoms with E-state index in [0.29, 0.717) is 6.42 Å². The molecule has 3 rings (SSSR count). The molecule has 0 aromatic heterocycles. The fourth-order valence-corrected chi connectivity index (χ4v) is 3.56. The molecule has 2 unspecified atom stereocenters. The normalized spacial score (nSPS) is 17.9. The average molecular weight is 326 g/mol. The lowest BCUT2D eigenvalue weighted by molar-refractivity contribution is -0.527. The Morgan fingerprint density at radius 2 is 1.96 bits per heavy atom. The minimum atomic E-state index is -0.631. The fraction of sp³-hybridized carbons (Fsp3) is 0.368. The first-order valence-corrected chi connectivity index (χ1v) is 8.27. The van der Waals surface area contributed by atoms with Crippen molar-refractivity contribution >= 4 is 5.69 Å². The van der Waals surface area contributed by atoms with Gasteiger partial charge in [0.2, 0.25) is 6.04 Å². The van der Waals surface area contributed by atoms with Gasteiger partial charge in [-0.15, -0.1) is 0 Å². The molecule has 0 aliphatic carbocycles. The van der Waals surface area contributed by atoms with Gasteiger partial charge in [0.15, 0.2) is 0 Å². The van der Waals surface area contributed by atoms with E-state index in [9.17, 15) is 10.1 Å². The van der Waals surface area contributed by atoms with Crippen LogP contribution in [-0.4, -0.2) is 24.6 Å². The lowest BCUT2D eigenvalue weighted by Crippen LogP contribution is -2.44. The van der Waals surface area contributed by atoms with Gasteiger partial charge in [0.25, 0.3) is 0 Å². The van der Waals surface area contributed by atoms with Crippen LogP contribution < -0.4 is 9.64 Å². The van der Waals surface area contributed by atoms with Crippen LogP contribution in [0.25, 0.3) is 0 Å². The summed E-state index contributed by atoms with van der Waals surface area (Å²) in [5.74, 6) is 0.786. The summed E-state index contributed by atoms with van der Waals surface area (Å²) in [6.07, 6.45) is 1.39. The van der Waals surface area contributed by atoms with E-state index < -0.39 is 6.04 Å². The van der Waals surface area contributed by atoms with Gasteiger partial charge in [-0.05, 0) is 41.8 Å². The fourth-order valence-electron chi connectivity index (χ4n) is 3.56. The quantitative estimate of drug-likeness (QED) is 0.618. The summed E-state index contributed by atoms with van der Waals surface area (Å²) in [5, 5.41) is 11.7. The van der Waals surface area contributed by atoms with E-state index in [1.54, 1.807) is 7.11 Å². The summed E-state index contributed by atoms with van der Waals surface area (Å²) in [6.45, 7) is 2.66. The molecule has 126 valence electrons. The molecule has 1 heterocycles. The van der Waals surface area contributed by atoms with E-state index in [0.717, 1.165) is 30.0 Å². The smallest absolute Gasteiger partial charge is 0.237 e. The van der Waals surface area contributed by atoms with E-state index >= 15 is 0 Å². The lowest BCUT2D eigenvalue weighted by atomic mass is 9.87. The molecule has 0 amide bonds. The first kappa shape index (κ1) is 16.3. The maximum atomic E-state index is 11.7. The molecule has 5 nitrogen and oxygen atoms in total. The molecular formula is C19H22N2O3. The molecule has 24 heavy (non-hydrogen) atoms. The topological polar surface area (TPSA) is 55.6 Å². The van der Waals surface area contributed by atoms with Gasteiger partial charge in [0.1, 0.15) is 11.8 Å². The first-order valence-electron chi connectivity index (χ1n) is 8.27. The molecule has 2 atom stereocenters. The highest BCUT2D eigenvalue weighted by Gasteiger charge is 2.39. The van der Waals surface area contributed by atoms with Gasteiger partial charge in [-0.1, -0.05) is 31.2 Å². The van der Waals surface area contributed by atoms with E-state index in [2.05, 4.69) is 11.0 Å². The Morgan fingerprint density at radius 3 is 2.58 bits per heavy atom. The van der Waals surface area contributed by atoms with Crippen molar-refractivity contribution in [2.24, 2.45) is 0 Å². The summed E-state index contributed by atoms with van der Waals surface area (Å²) in [7, 11) is 1.63. The third-order valence-electron chi connectivity index (χ3n) is 4.79. The Labute approximate surface area is 142 Å². The Morgan fingerprint density at radius 1 is 1.25 bits per heavy atom. The molecule has 0 bridgehead atoms. The van der Waals surface area contributed by atoms with Crippen molar-refractivity contribution in [3.63, 3.8) is 0 Å². The lowest BCUT2D eigenvalue weighted by Gasteiger charge is -2.39. The molecular weight excluding hydrogens is 304 g/mol. The first-order chi connectivity index (χ1) is 11.7. The van der Waals surface area contributed by atoms with Crippen molar-refractivity contribution in [3.05, 3.63) is 69.8 Å². The summed E-state index contributed by atoms with van der Waals surface area (Å²) in [5.41, 5.74) is 3.28. The molecule has 0 N–H and O–H groups in total. The predicted octanol–water partition coefficient (Wildman–Crippen LogP) is 3.85. The zero-order valence-corrected chi connectivity index (χ0v) is 14.0. The minimum Gasteiger partial charge on any atom is -0.497 e. The second kappa shape index (κ2) is 6.91. The number of hydrogen-bond acceptors (Lipinski definition) is 4. The van der Waals surface area contributed by atoms with Gasteiger partial charge < -0.3 is 9.64 Å². The van der Waals surface area contributed by atoms with Gasteiger partial charge in [0.05, 0.1) is 7.11 Å².